The molecule has 0 atom stereocenters. The SMILES string of the molecule is CC(C)CN1NCCc2cc3c(cc21)CCCCC3. The molecule has 0 bridgehead atoms. The molecule has 2 aliphatic rings. The molecule has 19 heavy (non-hydrogen) atoms. The van der Waals surface area contributed by atoms with Gasteiger partial charge in [-0.15, -0.1) is 0 Å². The third-order valence-electron chi connectivity index (χ3n) is 4.33. The van der Waals surface area contributed by atoms with Gasteiger partial charge < -0.3 is 5.01 Å². The topological polar surface area (TPSA) is 15.3 Å². The lowest BCUT2D eigenvalue weighted by Gasteiger charge is -2.34. The number of anilines is 1. The van der Waals surface area contributed by atoms with Crippen LogP contribution in [0.15, 0.2) is 12.1 Å². The molecule has 0 amide bonds. The summed E-state index contributed by atoms with van der Waals surface area (Å²) < 4.78 is 0. The van der Waals surface area contributed by atoms with Gasteiger partial charge in [0.1, 0.15) is 0 Å². The Morgan fingerprint density at radius 3 is 2.47 bits per heavy atom. The summed E-state index contributed by atoms with van der Waals surface area (Å²) >= 11 is 0. The van der Waals surface area contributed by atoms with E-state index in [0.29, 0.717) is 5.92 Å². The molecule has 1 heterocycles. The maximum absolute atomic E-state index is 3.56. The molecule has 1 N–H and O–H groups in total. The monoisotopic (exact) mass is 258 g/mol. The van der Waals surface area contributed by atoms with Gasteiger partial charge in [0.15, 0.2) is 0 Å². The fourth-order valence-electron chi connectivity index (χ4n) is 3.39. The lowest BCUT2D eigenvalue weighted by Crippen LogP contribution is -2.45. The van der Waals surface area contributed by atoms with Crippen LogP contribution in [0.4, 0.5) is 5.69 Å². The third-order valence-corrected chi connectivity index (χ3v) is 4.33. The second-order valence-electron chi connectivity index (χ2n) is 6.47. The van der Waals surface area contributed by atoms with Crippen LogP contribution >= 0.6 is 0 Å². The average Bonchev–Trinajstić information content (AvgIpc) is 2.61. The van der Waals surface area contributed by atoms with E-state index in [1.54, 1.807) is 16.7 Å². The van der Waals surface area contributed by atoms with Gasteiger partial charge in [0.2, 0.25) is 0 Å². The molecule has 1 aromatic rings. The van der Waals surface area contributed by atoms with Crippen LogP contribution in [0.2, 0.25) is 0 Å². The molecular weight excluding hydrogens is 232 g/mol. The summed E-state index contributed by atoms with van der Waals surface area (Å²) in [4.78, 5) is 0. The lowest BCUT2D eigenvalue weighted by molar-refractivity contribution is 0.525. The second kappa shape index (κ2) is 5.54. The summed E-state index contributed by atoms with van der Waals surface area (Å²) in [6.45, 7) is 6.77. The molecule has 0 fully saturated rings. The van der Waals surface area contributed by atoms with Crippen molar-refractivity contribution in [2.24, 2.45) is 5.92 Å². The number of nitrogens with zero attached hydrogens (tertiary/aromatic N) is 1. The first-order chi connectivity index (χ1) is 9.24. The Morgan fingerprint density at radius 1 is 1.00 bits per heavy atom. The summed E-state index contributed by atoms with van der Waals surface area (Å²) in [5, 5.41) is 2.38. The number of rotatable bonds is 2. The summed E-state index contributed by atoms with van der Waals surface area (Å²) in [5.41, 5.74) is 9.80. The summed E-state index contributed by atoms with van der Waals surface area (Å²) in [6, 6.07) is 4.98. The van der Waals surface area contributed by atoms with Crippen LogP contribution in [0, 0.1) is 5.92 Å². The molecule has 1 aromatic carbocycles. The summed E-state index contributed by atoms with van der Waals surface area (Å²) in [5.74, 6) is 0.692. The number of fused-ring (bicyclic) bond motifs is 2. The summed E-state index contributed by atoms with van der Waals surface area (Å²) in [7, 11) is 0. The van der Waals surface area contributed by atoms with Crippen molar-refractivity contribution in [3.05, 3.63) is 28.8 Å². The molecule has 104 valence electrons. The van der Waals surface area contributed by atoms with Crippen molar-refractivity contribution in [3.8, 4) is 0 Å². The van der Waals surface area contributed by atoms with Crippen molar-refractivity contribution in [1.29, 1.82) is 0 Å². The number of nitrogens with one attached hydrogen (secondary N) is 1. The maximum atomic E-state index is 3.56. The highest BCUT2D eigenvalue weighted by Gasteiger charge is 2.20. The molecule has 0 aromatic heterocycles. The van der Waals surface area contributed by atoms with E-state index in [0.717, 1.165) is 13.1 Å². The van der Waals surface area contributed by atoms with E-state index in [1.807, 2.05) is 0 Å². The van der Waals surface area contributed by atoms with Crippen LogP contribution in [0.25, 0.3) is 0 Å². The number of aryl methyl sites for hydroxylation is 2. The minimum absolute atomic E-state index is 0.692. The first kappa shape index (κ1) is 13.0. The van der Waals surface area contributed by atoms with Gasteiger partial charge >= 0.3 is 0 Å². The van der Waals surface area contributed by atoms with Gasteiger partial charge in [0, 0.05) is 13.1 Å². The van der Waals surface area contributed by atoms with Crippen molar-refractivity contribution in [2.75, 3.05) is 18.1 Å². The molecule has 0 saturated carbocycles. The highest BCUT2D eigenvalue weighted by atomic mass is 15.5. The van der Waals surface area contributed by atoms with Crippen molar-refractivity contribution in [2.45, 2.75) is 52.4 Å². The minimum atomic E-state index is 0.692. The number of benzene rings is 1. The predicted molar refractivity (Wildman–Crippen MR) is 81.6 cm³/mol. The van der Waals surface area contributed by atoms with Crippen molar-refractivity contribution >= 4 is 5.69 Å². The standard InChI is InChI=1S/C17H26N2/c1-13(2)12-19-17-11-15-7-5-3-4-6-14(15)10-16(17)8-9-18-19/h10-11,13,18H,3-9,12H2,1-2H3. The highest BCUT2D eigenvalue weighted by Crippen LogP contribution is 2.31. The van der Waals surface area contributed by atoms with E-state index in [9.17, 15) is 0 Å². The number of hydrazine groups is 1. The minimum Gasteiger partial charge on any atom is -0.308 e. The first-order valence-corrected chi connectivity index (χ1v) is 7.90. The quantitative estimate of drug-likeness (QED) is 0.817. The van der Waals surface area contributed by atoms with Crippen molar-refractivity contribution < 1.29 is 0 Å². The molecule has 1 aliphatic carbocycles. The van der Waals surface area contributed by atoms with E-state index in [2.05, 4.69) is 36.4 Å². The first-order valence-electron chi connectivity index (χ1n) is 7.90. The van der Waals surface area contributed by atoms with Gasteiger partial charge in [-0.05, 0) is 60.8 Å². The fraction of sp³-hybridized carbons (Fsp3) is 0.647. The van der Waals surface area contributed by atoms with E-state index in [1.165, 1.54) is 44.2 Å². The Labute approximate surface area is 117 Å². The Morgan fingerprint density at radius 2 is 1.74 bits per heavy atom. The largest absolute Gasteiger partial charge is 0.308 e. The van der Waals surface area contributed by atoms with Crippen LogP contribution in [0.5, 0.6) is 0 Å². The molecule has 2 heteroatoms. The number of hydrogen-bond donors (Lipinski definition) is 1. The Balaban J connectivity index is 1.95. The zero-order valence-corrected chi connectivity index (χ0v) is 12.3. The zero-order chi connectivity index (χ0) is 13.2. The maximum Gasteiger partial charge on any atom is 0.0555 e. The molecule has 0 unspecified atom stereocenters. The predicted octanol–water partition coefficient (Wildman–Crippen LogP) is 3.48. The summed E-state index contributed by atoms with van der Waals surface area (Å²) in [6.07, 6.45) is 7.88. The van der Waals surface area contributed by atoms with E-state index < -0.39 is 0 Å². The van der Waals surface area contributed by atoms with Crippen LogP contribution in [-0.2, 0) is 19.3 Å². The lowest BCUT2D eigenvalue weighted by atomic mass is 9.95. The van der Waals surface area contributed by atoms with E-state index in [-0.39, 0.29) is 0 Å². The van der Waals surface area contributed by atoms with E-state index >= 15 is 0 Å². The normalized spacial score (nSPS) is 19.0. The van der Waals surface area contributed by atoms with Gasteiger partial charge in [0.05, 0.1) is 5.69 Å². The van der Waals surface area contributed by atoms with Gasteiger partial charge in [-0.3, -0.25) is 0 Å². The van der Waals surface area contributed by atoms with Crippen LogP contribution < -0.4 is 10.4 Å². The van der Waals surface area contributed by atoms with Crippen LogP contribution in [0.3, 0.4) is 0 Å². The van der Waals surface area contributed by atoms with E-state index in [4.69, 9.17) is 0 Å². The molecule has 1 aliphatic heterocycles. The van der Waals surface area contributed by atoms with Gasteiger partial charge in [0.25, 0.3) is 0 Å². The molecule has 0 spiro atoms. The fourth-order valence-corrected chi connectivity index (χ4v) is 3.39. The smallest absolute Gasteiger partial charge is 0.0555 e. The van der Waals surface area contributed by atoms with Gasteiger partial charge in [-0.25, -0.2) is 5.43 Å². The molecule has 0 radical (unpaired) electrons. The Hall–Kier alpha value is -1.02. The van der Waals surface area contributed by atoms with Crippen LogP contribution in [-0.4, -0.2) is 13.1 Å². The zero-order valence-electron chi connectivity index (χ0n) is 12.3. The molecule has 3 rings (SSSR count). The third kappa shape index (κ3) is 2.79. The average molecular weight is 258 g/mol. The molecule has 2 nitrogen and oxygen atoms in total. The van der Waals surface area contributed by atoms with Crippen LogP contribution in [0.1, 0.15) is 49.8 Å². The molecule has 0 saturated heterocycles. The second-order valence-corrected chi connectivity index (χ2v) is 6.47. The van der Waals surface area contributed by atoms with Gasteiger partial charge in [-0.2, -0.15) is 0 Å². The van der Waals surface area contributed by atoms with Crippen molar-refractivity contribution in [3.63, 3.8) is 0 Å². The molecular formula is C17H26N2. The Kier molecular flexibility index (Phi) is 3.79. The Bertz CT molecular complexity index is 451. The highest BCUT2D eigenvalue weighted by molar-refractivity contribution is 5.58. The number of hydrogen-bond acceptors (Lipinski definition) is 2. The van der Waals surface area contributed by atoms with Crippen molar-refractivity contribution in [1.82, 2.24) is 5.43 Å². The van der Waals surface area contributed by atoms with Gasteiger partial charge in [-0.1, -0.05) is 26.3 Å².